The quantitative estimate of drug-likeness (QED) is 0.782. The van der Waals surface area contributed by atoms with Crippen LogP contribution in [0.3, 0.4) is 0 Å². The maximum absolute atomic E-state index is 12.5. The van der Waals surface area contributed by atoms with Crippen molar-refractivity contribution in [2.75, 3.05) is 39.8 Å². The molecule has 6 nitrogen and oxygen atoms in total. The highest BCUT2D eigenvalue weighted by molar-refractivity contribution is 5.85. The lowest BCUT2D eigenvalue weighted by atomic mass is 9.92. The summed E-state index contributed by atoms with van der Waals surface area (Å²) in [6, 6.07) is 10.1. The van der Waals surface area contributed by atoms with E-state index in [-0.39, 0.29) is 24.3 Å². The van der Waals surface area contributed by atoms with E-state index in [1.54, 1.807) is 7.05 Å². The van der Waals surface area contributed by atoms with E-state index >= 15 is 0 Å². The van der Waals surface area contributed by atoms with Crippen molar-refractivity contribution in [2.24, 2.45) is 5.92 Å². The Morgan fingerprint density at radius 1 is 0.966 bits per heavy atom. The Bertz CT molecular complexity index is 704. The Balaban J connectivity index is 1.24. The van der Waals surface area contributed by atoms with Gasteiger partial charge >= 0.3 is 0 Å². The van der Waals surface area contributed by atoms with Gasteiger partial charge in [-0.2, -0.15) is 0 Å². The molecule has 2 saturated heterocycles. The number of hydrogen-bond acceptors (Lipinski definition) is 4. The number of hydrogen-bond donors (Lipinski definition) is 2. The van der Waals surface area contributed by atoms with Gasteiger partial charge in [0.15, 0.2) is 0 Å². The highest BCUT2D eigenvalue weighted by Crippen LogP contribution is 2.29. The predicted molar refractivity (Wildman–Crippen MR) is 114 cm³/mol. The van der Waals surface area contributed by atoms with Gasteiger partial charge in [0.1, 0.15) is 0 Å². The molecule has 0 aromatic heterocycles. The molecule has 2 fully saturated rings. The van der Waals surface area contributed by atoms with Crippen LogP contribution in [-0.4, -0.2) is 73.5 Å². The topological polar surface area (TPSA) is 64.7 Å². The Kier molecular flexibility index (Phi) is 6.50. The number of nitrogens with zero attached hydrogens (tertiary/aromatic N) is 2. The Morgan fingerprint density at radius 2 is 1.66 bits per heavy atom. The van der Waals surface area contributed by atoms with Gasteiger partial charge in [-0.15, -0.1) is 0 Å². The minimum absolute atomic E-state index is 0.00997. The van der Waals surface area contributed by atoms with Crippen LogP contribution in [0.1, 0.15) is 36.8 Å². The Labute approximate surface area is 174 Å². The second-order valence-corrected chi connectivity index (χ2v) is 8.82. The van der Waals surface area contributed by atoms with Crippen LogP contribution < -0.4 is 10.6 Å². The summed E-state index contributed by atoms with van der Waals surface area (Å²) in [5, 5.41) is 5.34. The van der Waals surface area contributed by atoms with Crippen LogP contribution in [0.4, 0.5) is 0 Å². The summed E-state index contributed by atoms with van der Waals surface area (Å²) in [6.45, 7) is 4.33. The number of piperidine rings is 2. The summed E-state index contributed by atoms with van der Waals surface area (Å²) in [6.07, 6.45) is 6.76. The molecule has 2 aliphatic heterocycles. The molecule has 3 aliphatic rings. The third kappa shape index (κ3) is 4.81. The van der Waals surface area contributed by atoms with Crippen LogP contribution in [0.2, 0.25) is 0 Å². The highest BCUT2D eigenvalue weighted by Gasteiger charge is 2.34. The van der Waals surface area contributed by atoms with E-state index in [2.05, 4.69) is 44.7 Å². The van der Waals surface area contributed by atoms with Gasteiger partial charge in [0.05, 0.1) is 12.5 Å². The normalized spacial score (nSPS) is 24.2. The van der Waals surface area contributed by atoms with Crippen LogP contribution in [0, 0.1) is 5.92 Å². The molecule has 0 bridgehead atoms. The summed E-state index contributed by atoms with van der Waals surface area (Å²) in [5.41, 5.74) is 3.06. The average molecular weight is 399 g/mol. The Hall–Kier alpha value is -1.92. The fraction of sp³-hybridized carbons (Fsp3) is 0.652. The van der Waals surface area contributed by atoms with Crippen LogP contribution >= 0.6 is 0 Å². The van der Waals surface area contributed by atoms with Crippen molar-refractivity contribution in [1.29, 1.82) is 0 Å². The molecule has 6 heteroatoms. The van der Waals surface area contributed by atoms with Gasteiger partial charge in [-0.1, -0.05) is 24.3 Å². The zero-order valence-corrected chi connectivity index (χ0v) is 17.5. The van der Waals surface area contributed by atoms with Crippen molar-refractivity contribution in [2.45, 2.75) is 50.6 Å². The van der Waals surface area contributed by atoms with Gasteiger partial charge in [-0.25, -0.2) is 0 Å². The van der Waals surface area contributed by atoms with Gasteiger partial charge in [0.25, 0.3) is 0 Å². The fourth-order valence-electron chi connectivity index (χ4n) is 5.36. The highest BCUT2D eigenvalue weighted by atomic mass is 16.2. The largest absolute Gasteiger partial charge is 0.358 e. The molecule has 0 spiro atoms. The van der Waals surface area contributed by atoms with E-state index in [1.807, 2.05) is 0 Å². The molecule has 1 atom stereocenters. The zero-order valence-electron chi connectivity index (χ0n) is 17.5. The molecule has 1 aromatic rings. The maximum atomic E-state index is 12.5. The second kappa shape index (κ2) is 9.26. The van der Waals surface area contributed by atoms with E-state index in [0.29, 0.717) is 12.1 Å². The van der Waals surface area contributed by atoms with E-state index in [0.717, 1.165) is 39.0 Å². The van der Waals surface area contributed by atoms with Crippen molar-refractivity contribution < 1.29 is 9.59 Å². The minimum atomic E-state index is -0.146. The van der Waals surface area contributed by atoms with Crippen LogP contribution in [0.15, 0.2) is 24.3 Å². The summed E-state index contributed by atoms with van der Waals surface area (Å²) in [4.78, 5) is 29.1. The first kappa shape index (κ1) is 20.4. The van der Waals surface area contributed by atoms with Gasteiger partial charge in [0, 0.05) is 25.7 Å². The third-order valence-electron chi connectivity index (χ3n) is 7.09. The molecule has 1 aliphatic carbocycles. The van der Waals surface area contributed by atoms with Crippen LogP contribution in [0.5, 0.6) is 0 Å². The second-order valence-electron chi connectivity index (χ2n) is 8.82. The van der Waals surface area contributed by atoms with E-state index in [1.165, 1.54) is 36.8 Å². The first-order chi connectivity index (χ1) is 14.1. The number of fused-ring (bicyclic) bond motifs is 1. The zero-order chi connectivity index (χ0) is 20.2. The molecule has 158 valence electrons. The average Bonchev–Trinajstić information content (AvgIpc) is 3.21. The summed E-state index contributed by atoms with van der Waals surface area (Å²) >= 11 is 0. The van der Waals surface area contributed by atoms with Crippen molar-refractivity contribution in [3.63, 3.8) is 0 Å². The van der Waals surface area contributed by atoms with E-state index in [4.69, 9.17) is 0 Å². The van der Waals surface area contributed by atoms with E-state index < -0.39 is 0 Å². The summed E-state index contributed by atoms with van der Waals surface area (Å²) < 4.78 is 0. The number of likely N-dealkylation sites (tertiary alicyclic amines) is 2. The van der Waals surface area contributed by atoms with Crippen molar-refractivity contribution in [1.82, 2.24) is 20.4 Å². The predicted octanol–water partition coefficient (Wildman–Crippen LogP) is 1.19. The lowest BCUT2D eigenvalue weighted by Crippen LogP contribution is -2.52. The molecular formula is C23H34N4O2. The number of nitrogens with one attached hydrogen (secondary N) is 2. The summed E-state index contributed by atoms with van der Waals surface area (Å²) in [7, 11) is 1.59. The molecule has 4 rings (SSSR count). The minimum Gasteiger partial charge on any atom is -0.358 e. The molecule has 0 radical (unpaired) electrons. The van der Waals surface area contributed by atoms with Gasteiger partial charge < -0.3 is 10.6 Å². The van der Waals surface area contributed by atoms with Crippen molar-refractivity contribution in [3.8, 4) is 0 Å². The van der Waals surface area contributed by atoms with Crippen LogP contribution in [0.25, 0.3) is 0 Å². The molecule has 29 heavy (non-hydrogen) atoms. The smallest absolute Gasteiger partial charge is 0.239 e. The standard InChI is InChI=1S/C23H34N4O2/c1-24-22(28)15-25-23(29)19-7-4-10-27(16-19)20-8-11-26(12-9-20)21-13-17-5-2-3-6-18(17)14-21/h2-3,5-6,19-21H,4,7-16H2,1H3,(H,24,28)(H,25,29)/t19-/m0/s1. The number of carbonyl (C=O) groups is 2. The first-order valence-corrected chi connectivity index (χ1v) is 11.2. The number of likely N-dealkylation sites (N-methyl/N-ethyl adjacent to an activating group) is 1. The molecule has 2 heterocycles. The molecule has 2 amide bonds. The lowest BCUT2D eigenvalue weighted by Gasteiger charge is -2.43. The van der Waals surface area contributed by atoms with Crippen molar-refractivity contribution in [3.05, 3.63) is 35.4 Å². The summed E-state index contributed by atoms with van der Waals surface area (Å²) in [5.74, 6) is -0.109. The monoisotopic (exact) mass is 398 g/mol. The van der Waals surface area contributed by atoms with Gasteiger partial charge in [0.2, 0.25) is 11.8 Å². The molecule has 0 unspecified atom stereocenters. The Morgan fingerprint density at radius 3 is 2.31 bits per heavy atom. The van der Waals surface area contributed by atoms with E-state index in [9.17, 15) is 9.59 Å². The molecule has 1 aromatic carbocycles. The first-order valence-electron chi connectivity index (χ1n) is 11.2. The SMILES string of the molecule is CNC(=O)CNC(=O)[C@H]1CCCN(C2CCN(C3Cc4ccccc4C3)CC2)C1. The number of amides is 2. The molecular weight excluding hydrogens is 364 g/mol. The van der Waals surface area contributed by atoms with Crippen LogP contribution in [-0.2, 0) is 22.4 Å². The molecule has 0 saturated carbocycles. The third-order valence-corrected chi connectivity index (χ3v) is 7.09. The number of carbonyl (C=O) groups excluding carboxylic acids is 2. The van der Waals surface area contributed by atoms with Gasteiger partial charge in [-0.3, -0.25) is 19.4 Å². The van der Waals surface area contributed by atoms with Gasteiger partial charge in [-0.05, 0) is 69.3 Å². The number of benzene rings is 1. The lowest BCUT2D eigenvalue weighted by molar-refractivity contribution is -0.130. The maximum Gasteiger partial charge on any atom is 0.239 e. The number of rotatable bonds is 5. The fourth-order valence-corrected chi connectivity index (χ4v) is 5.36. The molecule has 2 N–H and O–H groups in total. The van der Waals surface area contributed by atoms with Crippen molar-refractivity contribution >= 4 is 11.8 Å².